The lowest BCUT2D eigenvalue weighted by Gasteiger charge is -2.27. The van der Waals surface area contributed by atoms with E-state index in [1.54, 1.807) is 6.20 Å². The molecule has 0 amide bonds. The highest BCUT2D eigenvalue weighted by Crippen LogP contribution is 2.24. The maximum absolute atomic E-state index is 6.04. The van der Waals surface area contributed by atoms with Crippen LogP contribution in [0.2, 0.25) is 5.02 Å². The Morgan fingerprint density at radius 3 is 2.71 bits per heavy atom. The molecule has 0 spiro atoms. The summed E-state index contributed by atoms with van der Waals surface area (Å²) in [6.07, 6.45) is 3.62. The fraction of sp³-hybridized carbons (Fsp3) is 0.263. The van der Waals surface area contributed by atoms with E-state index in [0.717, 1.165) is 35.4 Å². The summed E-state index contributed by atoms with van der Waals surface area (Å²) in [6.45, 7) is 5.86. The van der Waals surface area contributed by atoms with Gasteiger partial charge in [-0.25, -0.2) is 0 Å². The average Bonchev–Trinajstić information content (AvgIpc) is 2.59. The third-order valence-corrected chi connectivity index (χ3v) is 4.13. The Bertz CT molecular complexity index is 818. The van der Waals surface area contributed by atoms with E-state index in [2.05, 4.69) is 34.4 Å². The van der Waals surface area contributed by atoms with Gasteiger partial charge >= 0.3 is 0 Å². The van der Waals surface area contributed by atoms with E-state index in [1.807, 2.05) is 48.7 Å². The van der Waals surface area contributed by atoms with Crippen LogP contribution in [0, 0.1) is 0 Å². The van der Waals surface area contributed by atoms with E-state index < -0.39 is 0 Å². The van der Waals surface area contributed by atoms with Gasteiger partial charge in [0.25, 0.3) is 0 Å². The maximum Gasteiger partial charge on any atom is 0.0737 e. The SMILES string of the molecule is CC(C)(CNc1ccnc2cc(Cl)ccc12)NCc1ccccn1. The molecule has 0 radical (unpaired) electrons. The summed E-state index contributed by atoms with van der Waals surface area (Å²) in [7, 11) is 0. The normalized spacial score (nSPS) is 11.6. The molecule has 4 nitrogen and oxygen atoms in total. The zero-order chi connectivity index (χ0) is 17.0. The summed E-state index contributed by atoms with van der Waals surface area (Å²) in [5.74, 6) is 0. The molecule has 124 valence electrons. The van der Waals surface area contributed by atoms with Gasteiger partial charge in [0, 0.05) is 47.1 Å². The molecule has 0 aliphatic rings. The molecule has 0 aliphatic heterocycles. The van der Waals surface area contributed by atoms with Gasteiger partial charge in [0.15, 0.2) is 0 Å². The van der Waals surface area contributed by atoms with Gasteiger partial charge in [-0.15, -0.1) is 0 Å². The Kier molecular flexibility index (Phi) is 4.97. The quantitative estimate of drug-likeness (QED) is 0.703. The molecule has 0 bridgehead atoms. The first-order valence-corrected chi connectivity index (χ1v) is 8.34. The van der Waals surface area contributed by atoms with Crippen LogP contribution < -0.4 is 10.6 Å². The van der Waals surface area contributed by atoms with Crippen LogP contribution in [0.3, 0.4) is 0 Å². The van der Waals surface area contributed by atoms with Crippen LogP contribution in [-0.2, 0) is 6.54 Å². The van der Waals surface area contributed by atoms with Gasteiger partial charge in [-0.3, -0.25) is 9.97 Å². The van der Waals surface area contributed by atoms with Crippen molar-refractivity contribution in [2.75, 3.05) is 11.9 Å². The van der Waals surface area contributed by atoms with Gasteiger partial charge < -0.3 is 10.6 Å². The van der Waals surface area contributed by atoms with E-state index in [1.165, 1.54) is 0 Å². The van der Waals surface area contributed by atoms with Gasteiger partial charge in [0.05, 0.1) is 11.2 Å². The van der Waals surface area contributed by atoms with Crippen LogP contribution in [0.15, 0.2) is 54.9 Å². The molecule has 0 atom stereocenters. The maximum atomic E-state index is 6.04. The first-order valence-electron chi connectivity index (χ1n) is 7.97. The largest absolute Gasteiger partial charge is 0.383 e. The number of anilines is 1. The molecule has 0 unspecified atom stereocenters. The number of fused-ring (bicyclic) bond motifs is 1. The van der Waals surface area contributed by atoms with Gasteiger partial charge in [-0.2, -0.15) is 0 Å². The number of rotatable bonds is 6. The lowest BCUT2D eigenvalue weighted by atomic mass is 10.0. The predicted molar refractivity (Wildman–Crippen MR) is 100 cm³/mol. The number of benzene rings is 1. The molecule has 2 N–H and O–H groups in total. The number of nitrogens with zero attached hydrogens (tertiary/aromatic N) is 2. The molecule has 1 aromatic carbocycles. The van der Waals surface area contributed by atoms with Gasteiger partial charge in [-0.1, -0.05) is 17.7 Å². The van der Waals surface area contributed by atoms with Crippen molar-refractivity contribution in [1.29, 1.82) is 0 Å². The lowest BCUT2D eigenvalue weighted by Crippen LogP contribution is -2.44. The van der Waals surface area contributed by atoms with Crippen LogP contribution in [0.4, 0.5) is 5.69 Å². The molecule has 3 rings (SSSR count). The van der Waals surface area contributed by atoms with E-state index in [-0.39, 0.29) is 5.54 Å². The fourth-order valence-electron chi connectivity index (χ4n) is 2.49. The minimum Gasteiger partial charge on any atom is -0.383 e. The summed E-state index contributed by atoms with van der Waals surface area (Å²) in [6, 6.07) is 13.7. The summed E-state index contributed by atoms with van der Waals surface area (Å²) in [4.78, 5) is 8.72. The molecule has 0 aliphatic carbocycles. The van der Waals surface area contributed by atoms with Gasteiger partial charge in [0.1, 0.15) is 0 Å². The zero-order valence-corrected chi connectivity index (χ0v) is 14.6. The molecule has 0 saturated heterocycles. The summed E-state index contributed by atoms with van der Waals surface area (Å²) >= 11 is 6.04. The van der Waals surface area contributed by atoms with Crippen molar-refractivity contribution in [3.8, 4) is 0 Å². The van der Waals surface area contributed by atoms with Crippen molar-refractivity contribution in [3.63, 3.8) is 0 Å². The summed E-state index contributed by atoms with van der Waals surface area (Å²) in [5.41, 5.74) is 2.91. The number of pyridine rings is 2. The first-order chi connectivity index (χ1) is 11.5. The predicted octanol–water partition coefficient (Wildman–Crippen LogP) is 4.26. The van der Waals surface area contributed by atoms with E-state index in [9.17, 15) is 0 Å². The van der Waals surface area contributed by atoms with Crippen LogP contribution in [0.5, 0.6) is 0 Å². The second-order valence-electron chi connectivity index (χ2n) is 6.43. The third-order valence-electron chi connectivity index (χ3n) is 3.90. The Morgan fingerprint density at radius 2 is 1.92 bits per heavy atom. The Labute approximate surface area is 147 Å². The molecule has 2 aromatic heterocycles. The molecular weight excluding hydrogens is 320 g/mol. The number of hydrogen-bond acceptors (Lipinski definition) is 4. The van der Waals surface area contributed by atoms with Crippen LogP contribution in [0.25, 0.3) is 10.9 Å². The molecule has 2 heterocycles. The highest BCUT2D eigenvalue weighted by Gasteiger charge is 2.17. The molecule has 5 heteroatoms. The number of aromatic nitrogens is 2. The summed E-state index contributed by atoms with van der Waals surface area (Å²) < 4.78 is 0. The van der Waals surface area contributed by atoms with Gasteiger partial charge in [-0.05, 0) is 50.2 Å². The molecule has 0 saturated carbocycles. The minimum atomic E-state index is -0.0838. The van der Waals surface area contributed by atoms with E-state index >= 15 is 0 Å². The molecule has 0 fully saturated rings. The minimum absolute atomic E-state index is 0.0838. The van der Waals surface area contributed by atoms with Crippen LogP contribution >= 0.6 is 11.6 Å². The fourth-order valence-corrected chi connectivity index (χ4v) is 2.65. The Balaban J connectivity index is 1.66. The second kappa shape index (κ2) is 7.16. The summed E-state index contributed by atoms with van der Waals surface area (Å²) in [5, 5.41) is 8.83. The topological polar surface area (TPSA) is 49.8 Å². The van der Waals surface area contributed by atoms with Crippen molar-refractivity contribution in [3.05, 3.63) is 65.6 Å². The third kappa shape index (κ3) is 4.22. The van der Waals surface area contributed by atoms with Crippen molar-refractivity contribution in [2.45, 2.75) is 25.9 Å². The first kappa shape index (κ1) is 16.7. The number of hydrogen-bond donors (Lipinski definition) is 2. The molecule has 24 heavy (non-hydrogen) atoms. The number of halogens is 1. The van der Waals surface area contributed by atoms with E-state index in [4.69, 9.17) is 11.6 Å². The van der Waals surface area contributed by atoms with Crippen LogP contribution in [0.1, 0.15) is 19.5 Å². The highest BCUT2D eigenvalue weighted by atomic mass is 35.5. The van der Waals surface area contributed by atoms with E-state index in [0.29, 0.717) is 5.02 Å². The van der Waals surface area contributed by atoms with Crippen molar-refractivity contribution in [1.82, 2.24) is 15.3 Å². The second-order valence-corrected chi connectivity index (χ2v) is 6.87. The standard InChI is InChI=1S/C19H21ClN4/c1-19(2,24-12-15-5-3-4-9-21-15)13-23-17-8-10-22-18-11-14(20)6-7-16(17)18/h3-11,24H,12-13H2,1-2H3,(H,22,23). The highest BCUT2D eigenvalue weighted by molar-refractivity contribution is 6.31. The molecule has 3 aromatic rings. The van der Waals surface area contributed by atoms with Gasteiger partial charge in [0.2, 0.25) is 0 Å². The Hall–Kier alpha value is -2.17. The monoisotopic (exact) mass is 340 g/mol. The number of nitrogens with one attached hydrogen (secondary N) is 2. The smallest absolute Gasteiger partial charge is 0.0737 e. The zero-order valence-electron chi connectivity index (χ0n) is 13.9. The Morgan fingerprint density at radius 1 is 1.04 bits per heavy atom. The van der Waals surface area contributed by atoms with Crippen LogP contribution in [-0.4, -0.2) is 22.1 Å². The molecular formula is C19H21ClN4. The lowest BCUT2D eigenvalue weighted by molar-refractivity contribution is 0.404. The average molecular weight is 341 g/mol. The van der Waals surface area contributed by atoms with Crippen molar-refractivity contribution < 1.29 is 0 Å². The van der Waals surface area contributed by atoms with Crippen molar-refractivity contribution >= 4 is 28.2 Å². The van der Waals surface area contributed by atoms with Crippen molar-refractivity contribution in [2.24, 2.45) is 0 Å².